The van der Waals surface area contributed by atoms with Crippen LogP contribution in [0, 0.1) is 11.8 Å². The number of carbonyl (C=O) groups excluding carboxylic acids is 2. The van der Waals surface area contributed by atoms with Gasteiger partial charge in [-0.25, -0.2) is 0 Å². The summed E-state index contributed by atoms with van der Waals surface area (Å²) < 4.78 is 1.69. The summed E-state index contributed by atoms with van der Waals surface area (Å²) in [6.07, 6.45) is 7.31. The van der Waals surface area contributed by atoms with Crippen molar-refractivity contribution >= 4 is 17.5 Å². The first kappa shape index (κ1) is 14.9. The van der Waals surface area contributed by atoms with E-state index in [9.17, 15) is 9.59 Å². The van der Waals surface area contributed by atoms with E-state index in [0.29, 0.717) is 26.1 Å². The highest BCUT2D eigenvalue weighted by Gasteiger charge is 2.47. The number of nitrogens with zero attached hydrogens (tertiary/aromatic N) is 5. The Labute approximate surface area is 139 Å². The maximum Gasteiger partial charge on any atom is 0.232 e. The maximum atomic E-state index is 12.7. The van der Waals surface area contributed by atoms with Gasteiger partial charge in [-0.3, -0.25) is 19.3 Å². The van der Waals surface area contributed by atoms with Gasteiger partial charge in [0, 0.05) is 51.2 Å². The Hall–Kier alpha value is -2.70. The number of rotatable bonds is 3. The summed E-state index contributed by atoms with van der Waals surface area (Å²) in [6, 6.07) is 3.73. The van der Waals surface area contributed by atoms with Gasteiger partial charge in [0.25, 0.3) is 0 Å². The normalized spacial score (nSPS) is 23.0. The third kappa shape index (κ3) is 2.55. The van der Waals surface area contributed by atoms with Crippen molar-refractivity contribution in [2.24, 2.45) is 18.9 Å². The van der Waals surface area contributed by atoms with Crippen LogP contribution in [0.2, 0.25) is 0 Å². The van der Waals surface area contributed by atoms with Crippen LogP contribution in [0.25, 0.3) is 0 Å². The monoisotopic (exact) mass is 325 g/mol. The van der Waals surface area contributed by atoms with E-state index in [-0.39, 0.29) is 23.7 Å². The summed E-state index contributed by atoms with van der Waals surface area (Å²) in [7, 11) is 1.84. The number of hydrogen-bond acceptors (Lipinski definition) is 4. The molecule has 7 heteroatoms. The lowest BCUT2D eigenvalue weighted by Gasteiger charge is -2.21. The minimum atomic E-state index is -0.0944. The Morgan fingerprint density at radius 2 is 2.17 bits per heavy atom. The molecule has 24 heavy (non-hydrogen) atoms. The van der Waals surface area contributed by atoms with Gasteiger partial charge in [0.1, 0.15) is 0 Å². The first-order valence-corrected chi connectivity index (χ1v) is 8.08. The van der Waals surface area contributed by atoms with Gasteiger partial charge >= 0.3 is 0 Å². The molecule has 2 saturated heterocycles. The van der Waals surface area contributed by atoms with E-state index in [4.69, 9.17) is 0 Å². The molecule has 2 aliphatic rings. The molecule has 0 unspecified atom stereocenters. The Kier molecular flexibility index (Phi) is 3.55. The molecule has 2 fully saturated rings. The zero-order chi connectivity index (χ0) is 16.7. The fourth-order valence-electron chi connectivity index (χ4n) is 3.63. The van der Waals surface area contributed by atoms with Crippen LogP contribution in [0.5, 0.6) is 0 Å². The van der Waals surface area contributed by atoms with Crippen LogP contribution in [0.1, 0.15) is 5.56 Å². The number of amides is 2. The van der Waals surface area contributed by atoms with Crippen LogP contribution in [0.4, 0.5) is 5.69 Å². The van der Waals surface area contributed by atoms with Crippen LogP contribution in [-0.4, -0.2) is 51.1 Å². The van der Waals surface area contributed by atoms with Crippen molar-refractivity contribution in [2.45, 2.75) is 6.42 Å². The van der Waals surface area contributed by atoms with E-state index in [1.165, 1.54) is 0 Å². The number of carbonyl (C=O) groups is 2. The number of aromatic nitrogens is 3. The molecule has 2 aromatic rings. The molecule has 0 saturated carbocycles. The molecule has 4 heterocycles. The number of anilines is 1. The van der Waals surface area contributed by atoms with Crippen LogP contribution < -0.4 is 4.90 Å². The lowest BCUT2D eigenvalue weighted by atomic mass is 10.0. The number of aryl methyl sites for hydroxylation is 1. The quantitative estimate of drug-likeness (QED) is 0.823. The molecular formula is C17H19N5O2. The van der Waals surface area contributed by atoms with Gasteiger partial charge < -0.3 is 9.80 Å². The molecule has 0 aliphatic carbocycles. The van der Waals surface area contributed by atoms with Crippen molar-refractivity contribution in [3.8, 4) is 0 Å². The number of likely N-dealkylation sites (tertiary alicyclic amines) is 1. The van der Waals surface area contributed by atoms with E-state index >= 15 is 0 Å². The molecule has 0 spiro atoms. The molecule has 2 atom stereocenters. The molecule has 0 bridgehead atoms. The second-order valence-corrected chi connectivity index (χ2v) is 6.52. The molecule has 2 amide bonds. The van der Waals surface area contributed by atoms with Gasteiger partial charge in [-0.1, -0.05) is 6.07 Å². The fraction of sp³-hybridized carbons (Fsp3) is 0.412. The van der Waals surface area contributed by atoms with E-state index in [1.807, 2.05) is 30.3 Å². The summed E-state index contributed by atoms with van der Waals surface area (Å²) in [6.45, 7) is 1.82. The average molecular weight is 325 g/mol. The van der Waals surface area contributed by atoms with E-state index < -0.39 is 0 Å². The topological polar surface area (TPSA) is 71.3 Å². The average Bonchev–Trinajstić information content (AvgIpc) is 3.25. The second kappa shape index (κ2) is 5.74. The van der Waals surface area contributed by atoms with Crippen molar-refractivity contribution in [1.82, 2.24) is 19.7 Å². The van der Waals surface area contributed by atoms with Gasteiger partial charge in [-0.2, -0.15) is 5.10 Å². The van der Waals surface area contributed by atoms with Crippen molar-refractivity contribution in [1.29, 1.82) is 0 Å². The van der Waals surface area contributed by atoms with Crippen molar-refractivity contribution in [3.05, 3.63) is 42.5 Å². The van der Waals surface area contributed by atoms with Crippen molar-refractivity contribution in [3.63, 3.8) is 0 Å². The standard InChI is InChI=1S/C17H19N5O2/c1-20-10-14(7-19-20)22-9-13-8-21(11-15(13)17(22)24)16(23)5-12-3-2-4-18-6-12/h2-4,6-7,10,13,15H,5,8-9,11H2,1H3/t13-,15-/m1/s1. The highest BCUT2D eigenvalue weighted by molar-refractivity contribution is 5.98. The van der Waals surface area contributed by atoms with E-state index in [1.54, 1.807) is 28.2 Å². The predicted octanol–water partition coefficient (Wildman–Crippen LogP) is 0.479. The summed E-state index contributed by atoms with van der Waals surface area (Å²) in [4.78, 5) is 32.8. The minimum Gasteiger partial charge on any atom is -0.341 e. The molecule has 0 aromatic carbocycles. The first-order chi connectivity index (χ1) is 11.6. The third-order valence-corrected chi connectivity index (χ3v) is 4.88. The molecule has 124 valence electrons. The van der Waals surface area contributed by atoms with Gasteiger partial charge in [-0.15, -0.1) is 0 Å². The lowest BCUT2D eigenvalue weighted by molar-refractivity contribution is -0.130. The van der Waals surface area contributed by atoms with Crippen LogP contribution in [0.3, 0.4) is 0 Å². The van der Waals surface area contributed by atoms with Crippen LogP contribution in [-0.2, 0) is 23.1 Å². The van der Waals surface area contributed by atoms with Crippen molar-refractivity contribution < 1.29 is 9.59 Å². The second-order valence-electron chi connectivity index (χ2n) is 6.52. The molecule has 7 nitrogen and oxygen atoms in total. The Balaban J connectivity index is 1.41. The number of hydrogen-bond donors (Lipinski definition) is 0. The molecule has 4 rings (SSSR count). The van der Waals surface area contributed by atoms with Gasteiger partial charge in [0.2, 0.25) is 11.8 Å². The Morgan fingerprint density at radius 1 is 1.29 bits per heavy atom. The molecule has 0 N–H and O–H groups in total. The van der Waals surface area contributed by atoms with Gasteiger partial charge in [0.15, 0.2) is 0 Å². The predicted molar refractivity (Wildman–Crippen MR) is 87.1 cm³/mol. The van der Waals surface area contributed by atoms with Crippen LogP contribution >= 0.6 is 0 Å². The Morgan fingerprint density at radius 3 is 2.83 bits per heavy atom. The Bertz CT molecular complexity index is 772. The zero-order valence-corrected chi connectivity index (χ0v) is 13.5. The summed E-state index contributed by atoms with van der Waals surface area (Å²) in [5, 5.41) is 4.13. The van der Waals surface area contributed by atoms with Crippen molar-refractivity contribution in [2.75, 3.05) is 24.5 Å². The summed E-state index contributed by atoms with van der Waals surface area (Å²) in [5.74, 6) is 0.279. The lowest BCUT2D eigenvalue weighted by Crippen LogP contribution is -2.36. The van der Waals surface area contributed by atoms with E-state index in [2.05, 4.69) is 10.1 Å². The van der Waals surface area contributed by atoms with Gasteiger partial charge in [-0.05, 0) is 11.6 Å². The number of pyridine rings is 1. The van der Waals surface area contributed by atoms with Crippen LogP contribution in [0.15, 0.2) is 36.9 Å². The maximum absolute atomic E-state index is 12.7. The molecule has 0 radical (unpaired) electrons. The van der Waals surface area contributed by atoms with Gasteiger partial charge in [0.05, 0.1) is 24.2 Å². The molecule has 2 aliphatic heterocycles. The highest BCUT2D eigenvalue weighted by atomic mass is 16.2. The largest absolute Gasteiger partial charge is 0.341 e. The summed E-state index contributed by atoms with van der Waals surface area (Å²) in [5.41, 5.74) is 1.74. The minimum absolute atomic E-state index is 0.0677. The highest BCUT2D eigenvalue weighted by Crippen LogP contribution is 2.35. The molecular weight excluding hydrogens is 306 g/mol. The number of fused-ring (bicyclic) bond motifs is 1. The third-order valence-electron chi connectivity index (χ3n) is 4.88. The molecule has 2 aromatic heterocycles. The smallest absolute Gasteiger partial charge is 0.232 e. The fourth-order valence-corrected chi connectivity index (χ4v) is 3.63. The zero-order valence-electron chi connectivity index (χ0n) is 13.5. The first-order valence-electron chi connectivity index (χ1n) is 8.08. The summed E-state index contributed by atoms with van der Waals surface area (Å²) >= 11 is 0. The SMILES string of the molecule is Cn1cc(N2C[C@H]3CN(C(=O)Cc4cccnc4)C[C@H]3C2=O)cn1. The van der Waals surface area contributed by atoms with E-state index in [0.717, 1.165) is 11.3 Å².